The molecule has 1 aromatic heterocycles. The Morgan fingerprint density at radius 2 is 2.44 bits per heavy atom. The van der Waals surface area contributed by atoms with Gasteiger partial charge in [0.15, 0.2) is 0 Å². The fourth-order valence-corrected chi connectivity index (χ4v) is 0.557. The average Bonchev–Trinajstić information content (AvgIpc) is 2.34. The minimum atomic E-state index is 0.872. The van der Waals surface area contributed by atoms with Crippen LogP contribution in [0, 0.1) is 6.92 Å². The molecule has 4 nitrogen and oxygen atoms in total. The molecule has 0 aromatic carbocycles. The normalized spacial score (nSPS) is 9.89. The van der Waals surface area contributed by atoms with Crippen molar-refractivity contribution in [2.45, 2.75) is 19.4 Å². The Morgan fingerprint density at radius 3 is 3.00 bits per heavy atom. The van der Waals surface area contributed by atoms with Crippen molar-refractivity contribution < 1.29 is 0 Å². The van der Waals surface area contributed by atoms with E-state index in [2.05, 4.69) is 22.4 Å². The highest BCUT2D eigenvalue weighted by Gasteiger charge is 1.88. The van der Waals surface area contributed by atoms with Crippen molar-refractivity contribution in [3.8, 4) is 0 Å². The van der Waals surface area contributed by atoms with Gasteiger partial charge in [0, 0.05) is 6.54 Å². The zero-order valence-electron chi connectivity index (χ0n) is 5.19. The number of rotatable bonds is 3. The van der Waals surface area contributed by atoms with Crippen LogP contribution in [0.2, 0.25) is 0 Å². The fraction of sp³-hybridized carbons (Fsp3) is 0.600. The average molecular weight is 125 g/mol. The van der Waals surface area contributed by atoms with Crippen LogP contribution < -0.4 is 0 Å². The molecule has 0 aliphatic heterocycles. The molecule has 0 unspecified atom stereocenters. The number of aryl methyl sites for hydroxylation is 1. The number of tetrazole rings is 1. The highest BCUT2D eigenvalue weighted by Crippen LogP contribution is 1.88. The minimum absolute atomic E-state index is 0.872. The zero-order chi connectivity index (χ0) is 6.53. The Labute approximate surface area is 53.9 Å². The summed E-state index contributed by atoms with van der Waals surface area (Å²) in [6, 6.07) is 0. The molecule has 0 bridgehead atoms. The molecular formula is C5H9N4. The first kappa shape index (κ1) is 6.19. The molecule has 1 aromatic rings. The van der Waals surface area contributed by atoms with E-state index in [0.717, 1.165) is 19.4 Å². The highest BCUT2D eigenvalue weighted by atomic mass is 15.5. The summed E-state index contributed by atoms with van der Waals surface area (Å²) in [7, 11) is 0. The van der Waals surface area contributed by atoms with E-state index in [1.54, 1.807) is 11.0 Å². The van der Waals surface area contributed by atoms with Crippen LogP contribution in [0.3, 0.4) is 0 Å². The Balaban J connectivity index is 2.30. The van der Waals surface area contributed by atoms with E-state index in [0.29, 0.717) is 0 Å². The van der Waals surface area contributed by atoms with Crippen molar-refractivity contribution in [2.75, 3.05) is 0 Å². The van der Waals surface area contributed by atoms with Crippen molar-refractivity contribution >= 4 is 0 Å². The third-order valence-electron chi connectivity index (χ3n) is 1.03. The molecule has 9 heavy (non-hydrogen) atoms. The number of hydrogen-bond donors (Lipinski definition) is 0. The summed E-state index contributed by atoms with van der Waals surface area (Å²) in [6.07, 6.45) is 3.57. The van der Waals surface area contributed by atoms with E-state index in [-0.39, 0.29) is 0 Å². The predicted molar refractivity (Wildman–Crippen MR) is 32.4 cm³/mol. The van der Waals surface area contributed by atoms with Crippen LogP contribution in [0.25, 0.3) is 0 Å². The van der Waals surface area contributed by atoms with Gasteiger partial charge < -0.3 is 0 Å². The molecule has 1 radical (unpaired) electrons. The Hall–Kier alpha value is -0.930. The molecule has 0 spiro atoms. The van der Waals surface area contributed by atoms with Gasteiger partial charge in [-0.1, -0.05) is 13.3 Å². The zero-order valence-corrected chi connectivity index (χ0v) is 5.19. The Morgan fingerprint density at radius 1 is 1.56 bits per heavy atom. The lowest BCUT2D eigenvalue weighted by Gasteiger charge is -1.92. The lowest BCUT2D eigenvalue weighted by molar-refractivity contribution is 0.562. The van der Waals surface area contributed by atoms with Gasteiger partial charge in [-0.25, -0.2) is 4.68 Å². The molecule has 1 heterocycles. The van der Waals surface area contributed by atoms with E-state index < -0.39 is 0 Å². The summed E-state index contributed by atoms with van der Waals surface area (Å²) in [5.74, 6) is 0. The van der Waals surface area contributed by atoms with Crippen molar-refractivity contribution in [2.24, 2.45) is 0 Å². The highest BCUT2D eigenvalue weighted by molar-refractivity contribution is 4.47. The first-order chi connectivity index (χ1) is 4.43. The summed E-state index contributed by atoms with van der Waals surface area (Å²) >= 11 is 0. The molecule has 0 saturated heterocycles. The second-order valence-corrected chi connectivity index (χ2v) is 1.78. The van der Waals surface area contributed by atoms with Gasteiger partial charge >= 0.3 is 0 Å². The lowest BCUT2D eigenvalue weighted by Crippen LogP contribution is -1.97. The molecule has 49 valence electrons. The van der Waals surface area contributed by atoms with E-state index in [4.69, 9.17) is 0 Å². The number of nitrogens with zero attached hydrogens (tertiary/aromatic N) is 4. The minimum Gasteiger partial charge on any atom is -0.233 e. The molecule has 1 rings (SSSR count). The summed E-state index contributed by atoms with van der Waals surface area (Å²) in [6.45, 7) is 4.57. The van der Waals surface area contributed by atoms with Crippen LogP contribution in [0.1, 0.15) is 12.8 Å². The van der Waals surface area contributed by atoms with Gasteiger partial charge in [-0.05, 0) is 16.8 Å². The van der Waals surface area contributed by atoms with Crippen LogP contribution in [0.15, 0.2) is 6.33 Å². The third kappa shape index (κ3) is 1.79. The summed E-state index contributed by atoms with van der Waals surface area (Å²) < 4.78 is 1.70. The van der Waals surface area contributed by atoms with Gasteiger partial charge in [0.1, 0.15) is 6.33 Å². The maximum atomic E-state index is 3.70. The first-order valence-electron chi connectivity index (χ1n) is 2.93. The third-order valence-corrected chi connectivity index (χ3v) is 1.03. The van der Waals surface area contributed by atoms with Crippen LogP contribution in [0.5, 0.6) is 0 Å². The van der Waals surface area contributed by atoms with E-state index in [9.17, 15) is 0 Å². The van der Waals surface area contributed by atoms with Gasteiger partial charge in [-0.2, -0.15) is 0 Å². The molecular weight excluding hydrogens is 116 g/mol. The maximum Gasteiger partial charge on any atom is 0.138 e. The maximum absolute atomic E-state index is 3.70. The van der Waals surface area contributed by atoms with Gasteiger partial charge in [0.05, 0.1) is 0 Å². The SMILES string of the molecule is [CH2]CCCn1cnnn1. The summed E-state index contributed by atoms with van der Waals surface area (Å²) in [5, 5.41) is 10.7. The van der Waals surface area contributed by atoms with E-state index in [1.807, 2.05) is 0 Å². The van der Waals surface area contributed by atoms with Crippen molar-refractivity contribution in [1.29, 1.82) is 0 Å². The summed E-state index contributed by atoms with van der Waals surface area (Å²) in [5.41, 5.74) is 0. The van der Waals surface area contributed by atoms with Gasteiger partial charge in [-0.3, -0.25) is 0 Å². The number of hydrogen-bond acceptors (Lipinski definition) is 3. The first-order valence-corrected chi connectivity index (χ1v) is 2.93. The van der Waals surface area contributed by atoms with Gasteiger partial charge in [-0.15, -0.1) is 5.10 Å². The van der Waals surface area contributed by atoms with Crippen LogP contribution in [-0.2, 0) is 6.54 Å². The molecule has 0 amide bonds. The van der Waals surface area contributed by atoms with E-state index in [1.165, 1.54) is 0 Å². The molecule has 0 saturated carbocycles. The molecule has 0 aliphatic carbocycles. The lowest BCUT2D eigenvalue weighted by atomic mass is 10.3. The summed E-state index contributed by atoms with van der Waals surface area (Å²) in [4.78, 5) is 0. The molecule has 0 fully saturated rings. The predicted octanol–water partition coefficient (Wildman–Crippen LogP) is 0.287. The monoisotopic (exact) mass is 125 g/mol. The van der Waals surface area contributed by atoms with Crippen LogP contribution in [0.4, 0.5) is 0 Å². The standard InChI is InChI=1S/C5H9N4/c1-2-3-4-9-5-6-7-8-9/h5H,1-4H2. The second kappa shape index (κ2) is 3.17. The number of unbranched alkanes of at least 4 members (excludes halogenated alkanes) is 1. The van der Waals surface area contributed by atoms with Crippen LogP contribution in [-0.4, -0.2) is 20.2 Å². The molecule has 4 heteroatoms. The number of aromatic nitrogens is 4. The topological polar surface area (TPSA) is 43.6 Å². The van der Waals surface area contributed by atoms with Crippen molar-refractivity contribution in [1.82, 2.24) is 20.2 Å². The van der Waals surface area contributed by atoms with Gasteiger partial charge in [0.2, 0.25) is 0 Å². The Kier molecular flexibility index (Phi) is 2.18. The molecule has 0 N–H and O–H groups in total. The molecule has 0 atom stereocenters. The largest absolute Gasteiger partial charge is 0.233 e. The van der Waals surface area contributed by atoms with E-state index >= 15 is 0 Å². The molecule has 0 aliphatic rings. The quantitative estimate of drug-likeness (QED) is 0.583. The second-order valence-electron chi connectivity index (χ2n) is 1.78. The van der Waals surface area contributed by atoms with Crippen molar-refractivity contribution in [3.05, 3.63) is 13.3 Å². The fourth-order valence-electron chi connectivity index (χ4n) is 0.557. The van der Waals surface area contributed by atoms with Gasteiger partial charge in [0.25, 0.3) is 0 Å². The Bertz CT molecular complexity index is 146. The smallest absolute Gasteiger partial charge is 0.138 e. The van der Waals surface area contributed by atoms with Crippen LogP contribution >= 0.6 is 0 Å². The van der Waals surface area contributed by atoms with Crippen molar-refractivity contribution in [3.63, 3.8) is 0 Å².